The van der Waals surface area contributed by atoms with Gasteiger partial charge in [-0.3, -0.25) is 0 Å². The van der Waals surface area contributed by atoms with Gasteiger partial charge in [-0.25, -0.2) is 4.79 Å². The molecular formula is C10H19BrO3. The van der Waals surface area contributed by atoms with Crippen LogP contribution >= 0.6 is 15.9 Å². The number of alkyl halides is 1. The molecule has 0 N–H and O–H groups in total. The number of hydrogen-bond acceptors (Lipinski definition) is 3. The first kappa shape index (κ1) is 13.8. The van der Waals surface area contributed by atoms with Crippen molar-refractivity contribution < 1.29 is 14.3 Å². The Morgan fingerprint density at radius 2 is 1.71 bits per heavy atom. The van der Waals surface area contributed by atoms with Gasteiger partial charge in [0, 0.05) is 0 Å². The highest BCUT2D eigenvalue weighted by Crippen LogP contribution is 2.11. The van der Waals surface area contributed by atoms with Crippen LogP contribution in [-0.2, 0) is 9.47 Å². The molecular weight excluding hydrogens is 248 g/mol. The van der Waals surface area contributed by atoms with E-state index in [0.29, 0.717) is 0 Å². The third-order valence-electron chi connectivity index (χ3n) is 1.74. The number of hydrogen-bond donors (Lipinski definition) is 0. The van der Waals surface area contributed by atoms with E-state index in [-0.39, 0.29) is 11.1 Å². The van der Waals surface area contributed by atoms with Gasteiger partial charge in [0.25, 0.3) is 0 Å². The Kier molecular flexibility index (Phi) is 7.95. The second-order valence-electron chi connectivity index (χ2n) is 3.23. The number of carbonyl (C=O) groups is 1. The fourth-order valence-electron chi connectivity index (χ4n) is 1.20. The summed E-state index contributed by atoms with van der Waals surface area (Å²) in [5.74, 6) is 0. The molecule has 0 amide bonds. The molecule has 84 valence electrons. The van der Waals surface area contributed by atoms with Crippen molar-refractivity contribution in [2.24, 2.45) is 0 Å². The lowest BCUT2D eigenvalue weighted by Gasteiger charge is -2.16. The summed E-state index contributed by atoms with van der Waals surface area (Å²) in [7, 11) is 0. The van der Waals surface area contributed by atoms with Gasteiger partial charge in [-0.1, -0.05) is 26.7 Å². The van der Waals surface area contributed by atoms with Gasteiger partial charge in [0.05, 0.1) is 0 Å². The number of halogens is 1. The quantitative estimate of drug-likeness (QED) is 0.541. The molecule has 0 aromatic carbocycles. The van der Waals surface area contributed by atoms with E-state index in [1.165, 1.54) is 0 Å². The van der Waals surface area contributed by atoms with E-state index >= 15 is 0 Å². The molecule has 1 atom stereocenters. The summed E-state index contributed by atoms with van der Waals surface area (Å²) in [5, 5.41) is -0.293. The van der Waals surface area contributed by atoms with Crippen molar-refractivity contribution in [3.05, 3.63) is 0 Å². The van der Waals surface area contributed by atoms with Crippen molar-refractivity contribution in [3.8, 4) is 0 Å². The summed E-state index contributed by atoms with van der Waals surface area (Å²) >= 11 is 3.12. The number of carbonyl (C=O) groups excluding carboxylic acids is 1. The topological polar surface area (TPSA) is 35.5 Å². The molecule has 0 saturated heterocycles. The molecule has 0 aliphatic rings. The molecule has 0 spiro atoms. The van der Waals surface area contributed by atoms with Crippen LogP contribution in [0, 0.1) is 0 Å². The first-order valence-electron chi connectivity index (χ1n) is 5.11. The fourth-order valence-corrected chi connectivity index (χ4v) is 1.36. The minimum absolute atomic E-state index is 0.00347. The van der Waals surface area contributed by atoms with Crippen LogP contribution in [0.25, 0.3) is 0 Å². The zero-order valence-electron chi connectivity index (χ0n) is 9.09. The number of ether oxygens (including phenoxy) is 2. The monoisotopic (exact) mass is 266 g/mol. The number of rotatable bonds is 6. The van der Waals surface area contributed by atoms with Crippen molar-refractivity contribution >= 4 is 22.1 Å². The van der Waals surface area contributed by atoms with E-state index in [2.05, 4.69) is 29.8 Å². The minimum Gasteiger partial charge on any atom is -0.431 e. The Bertz CT molecular complexity index is 153. The van der Waals surface area contributed by atoms with Crippen LogP contribution < -0.4 is 0 Å². The molecule has 0 rings (SSSR count). The van der Waals surface area contributed by atoms with E-state index in [1.807, 2.05) is 0 Å². The van der Waals surface area contributed by atoms with Gasteiger partial charge in [0.1, 0.15) is 6.10 Å². The summed E-state index contributed by atoms with van der Waals surface area (Å²) in [6.45, 7) is 5.88. The second kappa shape index (κ2) is 8.09. The van der Waals surface area contributed by atoms with Gasteiger partial charge in [-0.15, -0.1) is 0 Å². The molecule has 0 radical (unpaired) electrons. The normalized spacial score (nSPS) is 12.6. The first-order valence-corrected chi connectivity index (χ1v) is 6.03. The zero-order valence-corrected chi connectivity index (χ0v) is 10.7. The summed E-state index contributed by atoms with van der Waals surface area (Å²) in [6, 6.07) is 0. The van der Waals surface area contributed by atoms with Crippen molar-refractivity contribution in [2.75, 3.05) is 0 Å². The van der Waals surface area contributed by atoms with Crippen LogP contribution in [0.4, 0.5) is 4.79 Å². The van der Waals surface area contributed by atoms with E-state index in [9.17, 15) is 4.79 Å². The van der Waals surface area contributed by atoms with Crippen LogP contribution in [0.5, 0.6) is 0 Å². The van der Waals surface area contributed by atoms with E-state index in [0.717, 1.165) is 25.7 Å². The van der Waals surface area contributed by atoms with E-state index < -0.39 is 6.16 Å². The molecule has 0 aliphatic heterocycles. The summed E-state index contributed by atoms with van der Waals surface area (Å²) in [6.07, 6.45) is 3.26. The summed E-state index contributed by atoms with van der Waals surface area (Å²) in [4.78, 5) is 11.1. The predicted molar refractivity (Wildman–Crippen MR) is 59.6 cm³/mol. The smallest absolute Gasteiger partial charge is 0.431 e. The first-order chi connectivity index (χ1) is 6.60. The average molecular weight is 267 g/mol. The van der Waals surface area contributed by atoms with Crippen LogP contribution in [-0.4, -0.2) is 17.3 Å². The van der Waals surface area contributed by atoms with Gasteiger partial charge >= 0.3 is 6.16 Å². The molecule has 4 heteroatoms. The largest absolute Gasteiger partial charge is 0.509 e. The Balaban J connectivity index is 3.82. The standard InChI is InChI=1S/C10H19BrO3/c1-4-6-9(7-5-2)14-10(12)13-8(3)11/h8-9H,4-7H2,1-3H3. The third-order valence-corrected chi connectivity index (χ3v) is 1.93. The third kappa shape index (κ3) is 7.18. The second-order valence-corrected chi connectivity index (χ2v) is 4.52. The van der Waals surface area contributed by atoms with Gasteiger partial charge in [0.2, 0.25) is 0 Å². The molecule has 3 nitrogen and oxygen atoms in total. The molecule has 0 bridgehead atoms. The molecule has 1 unspecified atom stereocenters. The van der Waals surface area contributed by atoms with Crippen molar-refractivity contribution in [1.29, 1.82) is 0 Å². The molecule has 0 heterocycles. The lowest BCUT2D eigenvalue weighted by Crippen LogP contribution is -2.20. The molecule has 0 aromatic rings. The maximum atomic E-state index is 11.1. The zero-order chi connectivity index (χ0) is 11.0. The van der Waals surface area contributed by atoms with Gasteiger partial charge in [0.15, 0.2) is 5.01 Å². The molecule has 0 fully saturated rings. The summed E-state index contributed by atoms with van der Waals surface area (Å²) < 4.78 is 9.98. The minimum atomic E-state index is -0.582. The molecule has 0 saturated carbocycles. The lowest BCUT2D eigenvalue weighted by molar-refractivity contribution is 0.0156. The molecule has 0 aliphatic carbocycles. The van der Waals surface area contributed by atoms with Gasteiger partial charge in [-0.2, -0.15) is 0 Å². The maximum absolute atomic E-state index is 11.1. The van der Waals surface area contributed by atoms with Gasteiger partial charge in [-0.05, 0) is 35.7 Å². The highest BCUT2D eigenvalue weighted by molar-refractivity contribution is 9.09. The SMILES string of the molecule is CCCC(CCC)OC(=O)OC(C)Br. The van der Waals surface area contributed by atoms with Gasteiger partial charge < -0.3 is 9.47 Å². The van der Waals surface area contributed by atoms with Crippen molar-refractivity contribution in [1.82, 2.24) is 0 Å². The predicted octanol–water partition coefficient (Wildman–Crippen LogP) is 3.85. The van der Waals surface area contributed by atoms with E-state index in [4.69, 9.17) is 9.47 Å². The fraction of sp³-hybridized carbons (Fsp3) is 0.900. The van der Waals surface area contributed by atoms with Crippen LogP contribution in [0.2, 0.25) is 0 Å². The maximum Gasteiger partial charge on any atom is 0.509 e. The van der Waals surface area contributed by atoms with Crippen LogP contribution in [0.1, 0.15) is 46.5 Å². The Morgan fingerprint density at radius 3 is 2.07 bits per heavy atom. The molecule has 14 heavy (non-hydrogen) atoms. The van der Waals surface area contributed by atoms with Crippen molar-refractivity contribution in [2.45, 2.75) is 57.6 Å². The molecule has 0 aromatic heterocycles. The Labute approximate surface area is 94.3 Å². The van der Waals surface area contributed by atoms with E-state index in [1.54, 1.807) is 6.92 Å². The average Bonchev–Trinajstić information content (AvgIpc) is 2.03. The Morgan fingerprint density at radius 1 is 1.21 bits per heavy atom. The summed E-state index contributed by atoms with van der Waals surface area (Å²) in [5.41, 5.74) is 0. The highest BCUT2D eigenvalue weighted by Gasteiger charge is 2.15. The Hall–Kier alpha value is -0.250. The van der Waals surface area contributed by atoms with Crippen molar-refractivity contribution in [3.63, 3.8) is 0 Å². The highest BCUT2D eigenvalue weighted by atomic mass is 79.9. The van der Waals surface area contributed by atoms with Crippen LogP contribution in [0.15, 0.2) is 0 Å². The lowest BCUT2D eigenvalue weighted by atomic mass is 10.1. The van der Waals surface area contributed by atoms with Crippen LogP contribution in [0.3, 0.4) is 0 Å².